The molecule has 0 aromatic heterocycles. The van der Waals surface area contributed by atoms with Crippen LogP contribution in [-0.2, 0) is 4.74 Å². The van der Waals surface area contributed by atoms with E-state index in [1.807, 2.05) is 20.8 Å². The molecule has 1 saturated heterocycles. The third-order valence-corrected chi connectivity index (χ3v) is 14.1. The maximum Gasteiger partial charge on any atom is 0.250 e. The molecule has 5 aliphatic carbocycles. The number of rotatable bonds is 2. The smallest absolute Gasteiger partial charge is 0.250 e. The van der Waals surface area contributed by atoms with Crippen molar-refractivity contribution in [2.45, 2.75) is 136 Å². The molecule has 3 nitrogen and oxygen atoms in total. The first kappa shape index (κ1) is 25.0. The highest BCUT2D eigenvalue weighted by Gasteiger charge is 2.86. The molecule has 5 heteroatoms. The van der Waals surface area contributed by atoms with E-state index in [-0.39, 0.29) is 46.0 Å². The lowest BCUT2D eigenvalue weighted by atomic mass is 9.42. The van der Waals surface area contributed by atoms with Crippen LogP contribution in [0.4, 0.5) is 8.78 Å². The van der Waals surface area contributed by atoms with Crippen LogP contribution in [0.15, 0.2) is 0 Å². The molecule has 35 heavy (non-hydrogen) atoms. The van der Waals surface area contributed by atoms with E-state index >= 15 is 0 Å². The van der Waals surface area contributed by atoms with Crippen LogP contribution in [0.1, 0.15) is 106 Å². The van der Waals surface area contributed by atoms with Crippen molar-refractivity contribution < 1.29 is 23.7 Å². The molecule has 1 heterocycles. The van der Waals surface area contributed by atoms with Crippen molar-refractivity contribution in [3.8, 4) is 0 Å². The Morgan fingerprint density at radius 3 is 2.14 bits per heavy atom. The van der Waals surface area contributed by atoms with E-state index < -0.39 is 29.1 Å². The van der Waals surface area contributed by atoms with Crippen LogP contribution in [-0.4, -0.2) is 39.5 Å². The van der Waals surface area contributed by atoms with Gasteiger partial charge in [0.2, 0.25) is 0 Å². The molecule has 0 radical (unpaired) electrons. The van der Waals surface area contributed by atoms with Gasteiger partial charge in [0.05, 0.1) is 23.4 Å². The third kappa shape index (κ3) is 2.67. The first-order valence-corrected chi connectivity index (χ1v) is 14.5. The Morgan fingerprint density at radius 1 is 0.857 bits per heavy atom. The molecule has 200 valence electrons. The highest BCUT2D eigenvalue weighted by Crippen LogP contribution is 2.91. The predicted molar refractivity (Wildman–Crippen MR) is 132 cm³/mol. The maximum absolute atomic E-state index is 14.8. The second-order valence-corrected chi connectivity index (χ2v) is 15.3. The molecule has 0 aromatic rings. The second kappa shape index (κ2) is 6.84. The van der Waals surface area contributed by atoms with Gasteiger partial charge in [0.25, 0.3) is 5.92 Å². The summed E-state index contributed by atoms with van der Waals surface area (Å²) in [4.78, 5) is 0. The first-order valence-electron chi connectivity index (χ1n) is 14.5. The number of halogens is 2. The van der Waals surface area contributed by atoms with Gasteiger partial charge in [-0.15, -0.1) is 0 Å². The molecule has 11 unspecified atom stereocenters. The Morgan fingerprint density at radius 2 is 1.51 bits per heavy atom. The summed E-state index contributed by atoms with van der Waals surface area (Å²) in [6.45, 7) is 14.9. The van der Waals surface area contributed by atoms with Gasteiger partial charge in [-0.25, -0.2) is 8.78 Å². The van der Waals surface area contributed by atoms with Crippen LogP contribution in [0, 0.1) is 51.2 Å². The third-order valence-electron chi connectivity index (χ3n) is 14.1. The molecule has 2 N–H and O–H groups in total. The molecule has 0 amide bonds. The van der Waals surface area contributed by atoms with Crippen molar-refractivity contribution in [1.29, 1.82) is 0 Å². The van der Waals surface area contributed by atoms with E-state index in [2.05, 4.69) is 27.7 Å². The number of alkyl halides is 2. The summed E-state index contributed by atoms with van der Waals surface area (Å²) in [6, 6.07) is 0. The van der Waals surface area contributed by atoms with Crippen LogP contribution >= 0.6 is 0 Å². The zero-order valence-corrected chi connectivity index (χ0v) is 23.0. The Balaban J connectivity index is 1.36. The van der Waals surface area contributed by atoms with E-state index in [0.717, 1.165) is 44.9 Å². The quantitative estimate of drug-likeness (QED) is 0.455. The summed E-state index contributed by atoms with van der Waals surface area (Å²) in [5.41, 5.74) is -1.20. The fraction of sp³-hybridized carbons (Fsp3) is 1.00. The zero-order valence-electron chi connectivity index (χ0n) is 23.0. The molecule has 12 atom stereocenters. The fourth-order valence-electron chi connectivity index (χ4n) is 12.4. The summed E-state index contributed by atoms with van der Waals surface area (Å²) in [5, 5.41) is 22.4. The monoisotopic (exact) mass is 494 g/mol. The van der Waals surface area contributed by atoms with Crippen molar-refractivity contribution in [3.05, 3.63) is 0 Å². The van der Waals surface area contributed by atoms with Crippen LogP contribution in [0.3, 0.4) is 0 Å². The Hall–Kier alpha value is -0.260. The van der Waals surface area contributed by atoms with Crippen LogP contribution in [0.5, 0.6) is 0 Å². The summed E-state index contributed by atoms with van der Waals surface area (Å²) in [7, 11) is 0. The van der Waals surface area contributed by atoms with Crippen LogP contribution in [0.2, 0.25) is 0 Å². The summed E-state index contributed by atoms with van der Waals surface area (Å²) in [5.74, 6) is -1.90. The number of ether oxygens (including phenoxy) is 1. The molecule has 6 aliphatic rings. The van der Waals surface area contributed by atoms with Gasteiger partial charge >= 0.3 is 0 Å². The van der Waals surface area contributed by atoms with E-state index in [1.165, 1.54) is 0 Å². The molecule has 0 aromatic carbocycles. The average Bonchev–Trinajstić information content (AvgIpc) is 2.96. The fourth-order valence-corrected chi connectivity index (χ4v) is 12.4. The number of aliphatic hydroxyl groups is 2. The second-order valence-electron chi connectivity index (χ2n) is 15.3. The molecule has 6 rings (SSSR count). The van der Waals surface area contributed by atoms with E-state index in [9.17, 15) is 19.0 Å². The standard InChI is InChI=1S/C30H48F2O3/c1-17-19-8-9-21-26(6)16-20(33)23(27(7)11-10-22(35-27)24(3,4)34)25(26,5)12-13-29(21)18(2)28(19,29)14-15-30(17,31)32/h17-23,33-34H,8-16H2,1-7H3/t17?,18?,19?,20?,21?,22?,23?,25?,26-,27?,28?,29?/m0/s1. The van der Waals surface area contributed by atoms with E-state index in [1.54, 1.807) is 0 Å². The van der Waals surface area contributed by atoms with Crippen LogP contribution in [0.25, 0.3) is 0 Å². The van der Waals surface area contributed by atoms with Gasteiger partial charge in [-0.2, -0.15) is 0 Å². The van der Waals surface area contributed by atoms with Crippen molar-refractivity contribution in [1.82, 2.24) is 0 Å². The Bertz CT molecular complexity index is 916. The van der Waals surface area contributed by atoms with E-state index in [0.29, 0.717) is 18.3 Å². The van der Waals surface area contributed by atoms with E-state index in [4.69, 9.17) is 4.74 Å². The molecule has 0 bridgehead atoms. The van der Waals surface area contributed by atoms with Gasteiger partial charge in [0.15, 0.2) is 0 Å². The van der Waals surface area contributed by atoms with Crippen molar-refractivity contribution in [2.24, 2.45) is 51.2 Å². The zero-order chi connectivity index (χ0) is 25.6. The molecular formula is C30H48F2O3. The van der Waals surface area contributed by atoms with Gasteiger partial charge in [-0.3, -0.25) is 0 Å². The van der Waals surface area contributed by atoms with Gasteiger partial charge in [-0.1, -0.05) is 27.7 Å². The largest absolute Gasteiger partial charge is 0.393 e. The normalized spacial score (nSPS) is 60.9. The molecule has 2 spiro atoms. The number of hydrogen-bond acceptors (Lipinski definition) is 3. The molecule has 1 aliphatic heterocycles. The van der Waals surface area contributed by atoms with Crippen molar-refractivity contribution in [2.75, 3.05) is 0 Å². The lowest BCUT2D eigenvalue weighted by Crippen LogP contribution is -2.58. The van der Waals surface area contributed by atoms with Gasteiger partial charge in [0.1, 0.15) is 0 Å². The number of fused-ring (bicyclic) bond motifs is 2. The lowest BCUT2D eigenvalue weighted by molar-refractivity contribution is -0.199. The number of hydrogen-bond donors (Lipinski definition) is 2. The summed E-state index contributed by atoms with van der Waals surface area (Å²) < 4.78 is 36.3. The van der Waals surface area contributed by atoms with Gasteiger partial charge in [-0.05, 0) is 112 Å². The lowest BCUT2D eigenvalue weighted by Gasteiger charge is -2.62. The minimum atomic E-state index is -2.53. The highest BCUT2D eigenvalue weighted by atomic mass is 19.3. The van der Waals surface area contributed by atoms with Crippen molar-refractivity contribution >= 4 is 0 Å². The average molecular weight is 495 g/mol. The Labute approximate surface area is 210 Å². The SMILES string of the molecule is CC1C2CCC3C4(CCC5(C)C(C6(C)CCC(C(C)(C)O)O6)C(O)C[C@@]35C)C(C)C24CCC1(F)F. The summed E-state index contributed by atoms with van der Waals surface area (Å²) in [6.07, 6.45) is 6.63. The summed E-state index contributed by atoms with van der Waals surface area (Å²) >= 11 is 0. The first-order chi connectivity index (χ1) is 16.0. The van der Waals surface area contributed by atoms with Gasteiger partial charge < -0.3 is 14.9 Å². The minimum Gasteiger partial charge on any atom is -0.393 e. The Kier molecular flexibility index (Phi) is 4.89. The molecular weight excluding hydrogens is 446 g/mol. The highest BCUT2D eigenvalue weighted by molar-refractivity contribution is 5.34. The maximum atomic E-state index is 14.8. The number of aliphatic hydroxyl groups excluding tert-OH is 1. The van der Waals surface area contributed by atoms with Crippen LogP contribution < -0.4 is 0 Å². The van der Waals surface area contributed by atoms with Gasteiger partial charge in [0, 0.05) is 18.3 Å². The molecule has 6 fully saturated rings. The van der Waals surface area contributed by atoms with Crippen molar-refractivity contribution in [3.63, 3.8) is 0 Å². The minimum absolute atomic E-state index is 0.0273. The topological polar surface area (TPSA) is 49.7 Å². The predicted octanol–water partition coefficient (Wildman–Crippen LogP) is 6.60. The molecule has 5 saturated carbocycles.